The minimum atomic E-state index is 0.619. The molecule has 1 aromatic carbocycles. The van der Waals surface area contributed by atoms with Crippen LogP contribution in [0.3, 0.4) is 0 Å². The summed E-state index contributed by atoms with van der Waals surface area (Å²) in [5.41, 5.74) is 6.96. The Morgan fingerprint density at radius 1 is 1.29 bits per heavy atom. The maximum absolute atomic E-state index is 6.02. The van der Waals surface area contributed by atoms with Crippen molar-refractivity contribution >= 4 is 23.2 Å². The van der Waals surface area contributed by atoms with Gasteiger partial charge in [0.1, 0.15) is 0 Å². The maximum atomic E-state index is 6.02. The molecular weight excluding hydrogens is 255 g/mol. The smallest absolute Gasteiger partial charge is 0.0595 e. The Bertz CT molecular complexity index is 382. The molecule has 2 N–H and O–H groups in total. The zero-order valence-electron chi connectivity index (χ0n) is 9.83. The maximum Gasteiger partial charge on any atom is 0.0595 e. The quantitative estimate of drug-likeness (QED) is 0.916. The van der Waals surface area contributed by atoms with Crippen molar-refractivity contribution in [3.8, 4) is 0 Å². The van der Waals surface area contributed by atoms with Crippen LogP contribution in [0.15, 0.2) is 18.2 Å². The van der Waals surface area contributed by atoms with Gasteiger partial charge in [0.2, 0.25) is 0 Å². The van der Waals surface area contributed by atoms with Gasteiger partial charge in [-0.15, -0.1) is 0 Å². The number of benzene rings is 1. The lowest BCUT2D eigenvalue weighted by Crippen LogP contribution is -2.37. The second-order valence-electron chi connectivity index (χ2n) is 4.73. The third-order valence-corrected chi connectivity index (χ3v) is 4.07. The summed E-state index contributed by atoms with van der Waals surface area (Å²) < 4.78 is 0. The average Bonchev–Trinajstić information content (AvgIpc) is 2.34. The summed E-state index contributed by atoms with van der Waals surface area (Å²) in [6, 6.07) is 5.86. The van der Waals surface area contributed by atoms with Crippen molar-refractivity contribution in [1.82, 2.24) is 4.90 Å². The molecule has 1 aliphatic rings. The molecule has 1 unspecified atom stereocenters. The number of halogens is 2. The second-order valence-corrected chi connectivity index (χ2v) is 5.54. The van der Waals surface area contributed by atoms with E-state index in [2.05, 4.69) is 4.90 Å². The van der Waals surface area contributed by atoms with Crippen LogP contribution in [0.2, 0.25) is 10.0 Å². The molecule has 94 valence electrons. The number of hydrogen-bond acceptors (Lipinski definition) is 2. The van der Waals surface area contributed by atoms with Gasteiger partial charge in [-0.25, -0.2) is 0 Å². The van der Waals surface area contributed by atoms with Gasteiger partial charge in [-0.2, -0.15) is 0 Å². The molecule has 0 aliphatic carbocycles. The van der Waals surface area contributed by atoms with Crippen LogP contribution < -0.4 is 5.73 Å². The zero-order chi connectivity index (χ0) is 12.3. The van der Waals surface area contributed by atoms with Crippen molar-refractivity contribution in [2.75, 3.05) is 19.6 Å². The topological polar surface area (TPSA) is 29.3 Å². The van der Waals surface area contributed by atoms with Gasteiger partial charge in [0, 0.05) is 13.1 Å². The highest BCUT2D eigenvalue weighted by molar-refractivity contribution is 6.42. The lowest BCUT2D eigenvalue weighted by Gasteiger charge is -2.32. The summed E-state index contributed by atoms with van der Waals surface area (Å²) in [7, 11) is 0. The zero-order valence-corrected chi connectivity index (χ0v) is 11.3. The highest BCUT2D eigenvalue weighted by Crippen LogP contribution is 2.24. The van der Waals surface area contributed by atoms with E-state index >= 15 is 0 Å². The summed E-state index contributed by atoms with van der Waals surface area (Å²) in [5, 5.41) is 1.26. The van der Waals surface area contributed by atoms with Crippen LogP contribution in [0, 0.1) is 5.92 Å². The first-order valence-corrected chi connectivity index (χ1v) is 6.81. The molecule has 0 aromatic heterocycles. The predicted molar refractivity (Wildman–Crippen MR) is 73.5 cm³/mol. The molecule has 1 aliphatic heterocycles. The Morgan fingerprint density at radius 2 is 2.12 bits per heavy atom. The minimum absolute atomic E-state index is 0.619. The molecule has 1 atom stereocenters. The Labute approximate surface area is 113 Å². The number of piperidine rings is 1. The van der Waals surface area contributed by atoms with Crippen LogP contribution in [0.5, 0.6) is 0 Å². The average molecular weight is 273 g/mol. The van der Waals surface area contributed by atoms with Gasteiger partial charge in [0.25, 0.3) is 0 Å². The van der Waals surface area contributed by atoms with Gasteiger partial charge < -0.3 is 5.73 Å². The monoisotopic (exact) mass is 272 g/mol. The lowest BCUT2D eigenvalue weighted by atomic mass is 9.98. The van der Waals surface area contributed by atoms with Crippen molar-refractivity contribution in [2.24, 2.45) is 11.7 Å². The normalized spacial score (nSPS) is 21.7. The molecule has 1 fully saturated rings. The fourth-order valence-corrected chi connectivity index (χ4v) is 2.70. The van der Waals surface area contributed by atoms with Gasteiger partial charge >= 0.3 is 0 Å². The number of rotatable bonds is 3. The summed E-state index contributed by atoms with van der Waals surface area (Å²) in [6.45, 7) is 3.97. The van der Waals surface area contributed by atoms with Crippen LogP contribution in [-0.4, -0.2) is 24.5 Å². The van der Waals surface area contributed by atoms with Gasteiger partial charge in [-0.05, 0) is 49.5 Å². The van der Waals surface area contributed by atoms with E-state index in [1.165, 1.54) is 18.4 Å². The van der Waals surface area contributed by atoms with Gasteiger partial charge in [-0.3, -0.25) is 4.90 Å². The van der Waals surface area contributed by atoms with E-state index in [0.717, 1.165) is 26.2 Å². The predicted octanol–water partition coefficient (Wildman–Crippen LogP) is 3.16. The minimum Gasteiger partial charge on any atom is -0.330 e. The summed E-state index contributed by atoms with van der Waals surface area (Å²) in [6.07, 6.45) is 2.50. The van der Waals surface area contributed by atoms with Gasteiger partial charge in [0.15, 0.2) is 0 Å². The van der Waals surface area contributed by atoms with E-state index in [9.17, 15) is 0 Å². The standard InChI is InChI=1S/C13H18Cl2N2/c14-12-4-3-10(6-13(12)15)8-17-5-1-2-11(7-16)9-17/h3-4,6,11H,1-2,5,7-9,16H2. The molecule has 17 heavy (non-hydrogen) atoms. The summed E-state index contributed by atoms with van der Waals surface area (Å²) >= 11 is 11.9. The number of nitrogens with zero attached hydrogens (tertiary/aromatic N) is 1. The Hall–Kier alpha value is -0.280. The van der Waals surface area contributed by atoms with Crippen molar-refractivity contribution in [3.05, 3.63) is 33.8 Å². The summed E-state index contributed by atoms with van der Waals surface area (Å²) in [5.74, 6) is 0.645. The van der Waals surface area contributed by atoms with Crippen molar-refractivity contribution in [3.63, 3.8) is 0 Å². The van der Waals surface area contributed by atoms with Crippen LogP contribution >= 0.6 is 23.2 Å². The second kappa shape index (κ2) is 6.05. The number of hydrogen-bond donors (Lipinski definition) is 1. The third kappa shape index (κ3) is 3.59. The number of nitrogens with two attached hydrogens (primary N) is 1. The highest BCUT2D eigenvalue weighted by atomic mass is 35.5. The van der Waals surface area contributed by atoms with E-state index in [-0.39, 0.29) is 0 Å². The van der Waals surface area contributed by atoms with E-state index in [1.807, 2.05) is 18.2 Å². The number of likely N-dealkylation sites (tertiary alicyclic amines) is 1. The van der Waals surface area contributed by atoms with Crippen LogP contribution in [0.4, 0.5) is 0 Å². The van der Waals surface area contributed by atoms with Crippen LogP contribution in [-0.2, 0) is 6.54 Å². The van der Waals surface area contributed by atoms with Crippen LogP contribution in [0.1, 0.15) is 18.4 Å². The van der Waals surface area contributed by atoms with Crippen molar-refractivity contribution in [2.45, 2.75) is 19.4 Å². The van der Waals surface area contributed by atoms with Crippen molar-refractivity contribution < 1.29 is 0 Å². The molecule has 2 rings (SSSR count). The van der Waals surface area contributed by atoms with Gasteiger partial charge in [0.05, 0.1) is 10.0 Å². The molecular formula is C13H18Cl2N2. The fourth-order valence-electron chi connectivity index (χ4n) is 2.38. The van der Waals surface area contributed by atoms with E-state index in [4.69, 9.17) is 28.9 Å². The Kier molecular flexibility index (Phi) is 4.69. The van der Waals surface area contributed by atoms with E-state index in [0.29, 0.717) is 16.0 Å². The first kappa shape index (κ1) is 13.2. The molecule has 1 aromatic rings. The molecule has 0 bridgehead atoms. The molecule has 4 heteroatoms. The first-order chi connectivity index (χ1) is 8.19. The SMILES string of the molecule is NCC1CCCN(Cc2ccc(Cl)c(Cl)c2)C1. The van der Waals surface area contributed by atoms with Gasteiger partial charge in [-0.1, -0.05) is 29.3 Å². The fraction of sp³-hybridized carbons (Fsp3) is 0.538. The highest BCUT2D eigenvalue weighted by Gasteiger charge is 2.18. The molecule has 0 saturated carbocycles. The lowest BCUT2D eigenvalue weighted by molar-refractivity contribution is 0.171. The largest absolute Gasteiger partial charge is 0.330 e. The summed E-state index contributed by atoms with van der Waals surface area (Å²) in [4.78, 5) is 2.45. The van der Waals surface area contributed by atoms with E-state index < -0.39 is 0 Å². The molecule has 1 heterocycles. The third-order valence-electron chi connectivity index (χ3n) is 3.33. The van der Waals surface area contributed by atoms with E-state index in [1.54, 1.807) is 0 Å². The first-order valence-electron chi connectivity index (χ1n) is 6.05. The molecule has 0 radical (unpaired) electrons. The molecule has 0 amide bonds. The Morgan fingerprint density at radius 3 is 2.82 bits per heavy atom. The van der Waals surface area contributed by atoms with Crippen molar-refractivity contribution in [1.29, 1.82) is 0 Å². The molecule has 2 nitrogen and oxygen atoms in total. The molecule has 1 saturated heterocycles. The molecule has 0 spiro atoms. The van der Waals surface area contributed by atoms with Crippen LogP contribution in [0.25, 0.3) is 0 Å². The Balaban J connectivity index is 1.97.